The van der Waals surface area contributed by atoms with Gasteiger partial charge in [0.25, 0.3) is 5.91 Å². The molecule has 0 bridgehead atoms. The first kappa shape index (κ1) is 15.3. The summed E-state index contributed by atoms with van der Waals surface area (Å²) in [6.45, 7) is 2.03. The Morgan fingerprint density at radius 1 is 1.42 bits per heavy atom. The number of carboxylic acid groups (broad SMARTS) is 1. The Morgan fingerprint density at radius 2 is 2.00 bits per heavy atom. The van der Waals surface area contributed by atoms with Crippen LogP contribution in [0.2, 0.25) is 0 Å². The molecule has 6 nitrogen and oxygen atoms in total. The molecule has 0 aromatic carbocycles. The van der Waals surface area contributed by atoms with Crippen molar-refractivity contribution >= 4 is 23.4 Å². The molecule has 0 aliphatic carbocycles. The van der Waals surface area contributed by atoms with Crippen LogP contribution in [0.25, 0.3) is 0 Å². The van der Waals surface area contributed by atoms with Crippen LogP contribution in [0.4, 0.5) is 13.2 Å². The lowest BCUT2D eigenvalue weighted by atomic mass is 10.0. The van der Waals surface area contributed by atoms with Crippen LogP contribution in [0.3, 0.4) is 0 Å². The maximum Gasteiger partial charge on any atom is 0.422 e. The van der Waals surface area contributed by atoms with E-state index in [0.29, 0.717) is 24.9 Å². The molecule has 1 aromatic heterocycles. The Kier molecular flexibility index (Phi) is 4.13. The molecule has 106 valence electrons. The highest BCUT2D eigenvalue weighted by Gasteiger charge is 2.58. The van der Waals surface area contributed by atoms with Crippen LogP contribution >= 0.6 is 11.5 Å². The van der Waals surface area contributed by atoms with Gasteiger partial charge in [-0.3, -0.25) is 4.79 Å². The zero-order valence-electron chi connectivity index (χ0n) is 9.91. The van der Waals surface area contributed by atoms with E-state index in [1.54, 1.807) is 6.92 Å². The predicted molar refractivity (Wildman–Crippen MR) is 58.8 cm³/mol. The van der Waals surface area contributed by atoms with Crippen LogP contribution in [0, 0.1) is 0 Å². The average molecular weight is 297 g/mol. The van der Waals surface area contributed by atoms with Crippen LogP contribution in [0.1, 0.15) is 29.2 Å². The van der Waals surface area contributed by atoms with Gasteiger partial charge in [-0.05, 0) is 24.9 Å². The smallest absolute Gasteiger partial charge is 0.422 e. The largest absolute Gasteiger partial charge is 0.479 e. The van der Waals surface area contributed by atoms with E-state index in [0.717, 1.165) is 0 Å². The molecule has 0 aliphatic rings. The van der Waals surface area contributed by atoms with Gasteiger partial charge in [0.15, 0.2) is 0 Å². The number of amides is 1. The van der Waals surface area contributed by atoms with Gasteiger partial charge in [0.2, 0.25) is 5.54 Å². The molecule has 1 aromatic rings. The molecule has 2 N–H and O–H groups in total. The molecule has 1 amide bonds. The molecular formula is C9H10F3N3O3S. The van der Waals surface area contributed by atoms with Gasteiger partial charge in [-0.2, -0.15) is 13.2 Å². The number of alkyl halides is 3. The summed E-state index contributed by atoms with van der Waals surface area (Å²) in [5.74, 6) is -3.35. The summed E-state index contributed by atoms with van der Waals surface area (Å²) in [7, 11) is 0. The average Bonchev–Trinajstić information content (AvgIpc) is 2.74. The van der Waals surface area contributed by atoms with E-state index in [1.807, 2.05) is 0 Å². The Bertz CT molecular complexity index is 502. The van der Waals surface area contributed by atoms with Crippen molar-refractivity contribution in [3.63, 3.8) is 0 Å². The van der Waals surface area contributed by atoms with Gasteiger partial charge < -0.3 is 10.4 Å². The highest BCUT2D eigenvalue weighted by Crippen LogP contribution is 2.31. The van der Waals surface area contributed by atoms with Crippen molar-refractivity contribution in [2.75, 3.05) is 0 Å². The third-order valence-electron chi connectivity index (χ3n) is 2.46. The number of aromatic nitrogens is 2. The van der Waals surface area contributed by atoms with Gasteiger partial charge in [-0.25, -0.2) is 4.79 Å². The van der Waals surface area contributed by atoms with Crippen LogP contribution in [0.5, 0.6) is 0 Å². The summed E-state index contributed by atoms with van der Waals surface area (Å²) in [5.41, 5.74) is -3.14. The van der Waals surface area contributed by atoms with Crippen molar-refractivity contribution in [1.29, 1.82) is 0 Å². The summed E-state index contributed by atoms with van der Waals surface area (Å²) in [4.78, 5) is 22.3. The molecule has 0 saturated heterocycles. The third kappa shape index (κ3) is 2.83. The number of rotatable bonds is 4. The molecule has 1 atom stereocenters. The van der Waals surface area contributed by atoms with E-state index in [2.05, 4.69) is 9.59 Å². The number of hydrogen-bond donors (Lipinski definition) is 2. The number of aryl methyl sites for hydroxylation is 1. The number of hydrogen-bond acceptors (Lipinski definition) is 5. The van der Waals surface area contributed by atoms with Crippen LogP contribution in [0.15, 0.2) is 0 Å². The Labute approximate surface area is 109 Å². The molecule has 1 unspecified atom stereocenters. The van der Waals surface area contributed by atoms with Gasteiger partial charge in [0.1, 0.15) is 4.88 Å². The summed E-state index contributed by atoms with van der Waals surface area (Å²) in [6, 6.07) is 0. The third-order valence-corrected chi connectivity index (χ3v) is 3.22. The van der Waals surface area contributed by atoms with Gasteiger partial charge >= 0.3 is 12.1 Å². The lowest BCUT2D eigenvalue weighted by Gasteiger charge is -2.28. The Hall–Kier alpha value is -1.71. The summed E-state index contributed by atoms with van der Waals surface area (Å²) < 4.78 is 41.6. The topological polar surface area (TPSA) is 92.2 Å². The second-order valence-corrected chi connectivity index (χ2v) is 4.54. The fourth-order valence-corrected chi connectivity index (χ4v) is 1.79. The van der Waals surface area contributed by atoms with E-state index >= 15 is 0 Å². The van der Waals surface area contributed by atoms with Crippen LogP contribution in [-0.2, 0) is 11.2 Å². The quantitative estimate of drug-likeness (QED) is 0.872. The van der Waals surface area contributed by atoms with Crippen LogP contribution < -0.4 is 5.32 Å². The minimum absolute atomic E-state index is 0.126. The Morgan fingerprint density at radius 3 is 2.42 bits per heavy atom. The van der Waals surface area contributed by atoms with Gasteiger partial charge in [0.05, 0.1) is 5.69 Å². The fraction of sp³-hybridized carbons (Fsp3) is 0.556. The maximum absolute atomic E-state index is 12.7. The Balaban J connectivity index is 3.06. The molecule has 0 fully saturated rings. The van der Waals surface area contributed by atoms with Crippen LogP contribution in [-0.4, -0.2) is 38.3 Å². The highest BCUT2D eigenvalue weighted by atomic mass is 32.1. The van der Waals surface area contributed by atoms with Crippen molar-refractivity contribution in [1.82, 2.24) is 14.9 Å². The molecule has 1 heterocycles. The van der Waals surface area contributed by atoms with Crippen molar-refractivity contribution in [3.8, 4) is 0 Å². The summed E-state index contributed by atoms with van der Waals surface area (Å²) >= 11 is 0.612. The number of nitrogens with zero attached hydrogens (tertiary/aromatic N) is 2. The van der Waals surface area contributed by atoms with E-state index in [-0.39, 0.29) is 10.6 Å². The zero-order chi connectivity index (χ0) is 14.8. The highest BCUT2D eigenvalue weighted by molar-refractivity contribution is 7.08. The first-order chi connectivity index (χ1) is 8.63. The van der Waals surface area contributed by atoms with Crippen molar-refractivity contribution in [3.05, 3.63) is 10.6 Å². The molecule has 1 rings (SSSR count). The molecule has 19 heavy (non-hydrogen) atoms. The van der Waals surface area contributed by atoms with Crippen molar-refractivity contribution in [2.24, 2.45) is 0 Å². The minimum atomic E-state index is -5.13. The number of aliphatic carboxylic acids is 1. The monoisotopic (exact) mass is 297 g/mol. The zero-order valence-corrected chi connectivity index (χ0v) is 10.7. The van der Waals surface area contributed by atoms with E-state index in [1.165, 1.54) is 5.32 Å². The summed E-state index contributed by atoms with van der Waals surface area (Å²) in [6.07, 6.45) is -4.83. The fourth-order valence-electron chi connectivity index (χ4n) is 1.14. The molecule has 0 radical (unpaired) electrons. The number of carbonyl (C=O) groups is 2. The van der Waals surface area contributed by atoms with E-state index in [9.17, 15) is 22.8 Å². The second-order valence-electron chi connectivity index (χ2n) is 3.78. The van der Waals surface area contributed by atoms with E-state index in [4.69, 9.17) is 5.11 Å². The summed E-state index contributed by atoms with van der Waals surface area (Å²) in [5, 5.41) is 13.7. The number of nitrogens with one attached hydrogen (secondary N) is 1. The van der Waals surface area contributed by atoms with Crippen molar-refractivity contribution < 1.29 is 27.9 Å². The van der Waals surface area contributed by atoms with Crippen molar-refractivity contribution in [2.45, 2.75) is 32.0 Å². The predicted octanol–water partition coefficient (Wildman–Crippen LogP) is 1.24. The lowest BCUT2D eigenvalue weighted by Crippen LogP contribution is -2.61. The number of carboxylic acids is 1. The standard InChI is InChI=1S/C9H10F3N3O3S/c1-3-4-5(19-15-14-4)6(16)13-8(2,7(17)18)9(10,11)12/h3H2,1-2H3,(H,13,16)(H,17,18). The van der Waals surface area contributed by atoms with Gasteiger partial charge in [-0.15, -0.1) is 5.10 Å². The molecule has 0 saturated carbocycles. The molecule has 0 spiro atoms. The van der Waals surface area contributed by atoms with Gasteiger partial charge in [0, 0.05) is 0 Å². The molecular weight excluding hydrogens is 287 g/mol. The second kappa shape index (κ2) is 5.11. The molecule has 10 heteroatoms. The molecule has 0 aliphatic heterocycles. The maximum atomic E-state index is 12.7. The number of carbonyl (C=O) groups excluding carboxylic acids is 1. The normalized spacial score (nSPS) is 14.8. The van der Waals surface area contributed by atoms with E-state index < -0.39 is 23.6 Å². The van der Waals surface area contributed by atoms with Gasteiger partial charge in [-0.1, -0.05) is 11.4 Å². The number of halogens is 3. The minimum Gasteiger partial charge on any atom is -0.479 e. The lowest BCUT2D eigenvalue weighted by molar-refractivity contribution is -0.203. The SMILES string of the molecule is CCc1nnsc1C(=O)NC(C)(C(=O)O)C(F)(F)F. The first-order valence-electron chi connectivity index (χ1n) is 5.07. The first-order valence-corrected chi connectivity index (χ1v) is 5.84.